The van der Waals surface area contributed by atoms with Crippen LogP contribution in [0.4, 0.5) is 0 Å². The minimum atomic E-state index is -0.535. The highest BCUT2D eigenvalue weighted by molar-refractivity contribution is 5.26. The molecule has 1 aliphatic rings. The highest BCUT2D eigenvalue weighted by Crippen LogP contribution is 2.14. The van der Waals surface area contributed by atoms with Crippen molar-refractivity contribution < 1.29 is 19.3 Å². The second-order valence-corrected chi connectivity index (χ2v) is 6.65. The van der Waals surface area contributed by atoms with Crippen LogP contribution in [-0.2, 0) is 4.74 Å². The molecule has 2 aromatic rings. The van der Waals surface area contributed by atoms with Crippen LogP contribution in [0.15, 0.2) is 54.6 Å². The summed E-state index contributed by atoms with van der Waals surface area (Å²) in [6.07, 6.45) is -0.528. The van der Waals surface area contributed by atoms with Crippen molar-refractivity contribution >= 4 is 0 Å². The van der Waals surface area contributed by atoms with Crippen LogP contribution >= 0.6 is 0 Å². The zero-order chi connectivity index (χ0) is 18.2. The lowest BCUT2D eigenvalue weighted by molar-refractivity contribution is -0.0601. The maximum atomic E-state index is 10.2. The van der Waals surface area contributed by atoms with E-state index in [1.807, 2.05) is 54.6 Å². The van der Waals surface area contributed by atoms with Crippen molar-refractivity contribution in [1.29, 1.82) is 0 Å². The Kier molecular flexibility index (Phi) is 6.89. The molecule has 1 N–H and O–H groups in total. The largest absolute Gasteiger partial charge is 0.491 e. The van der Waals surface area contributed by atoms with E-state index in [4.69, 9.17) is 14.2 Å². The average molecular weight is 357 g/mol. The van der Waals surface area contributed by atoms with E-state index in [0.717, 1.165) is 24.6 Å². The average Bonchev–Trinajstić information content (AvgIpc) is 2.67. The minimum absolute atomic E-state index is 0.00675. The molecule has 0 unspecified atom stereocenters. The Bertz CT molecular complexity index is 647. The predicted molar refractivity (Wildman–Crippen MR) is 101 cm³/mol. The number of aliphatic hydroxyl groups excluding tert-OH is 1. The van der Waals surface area contributed by atoms with E-state index >= 15 is 0 Å². The number of β-amino-alcohol motifs (C(OH)–C–C–N with tert-alkyl or cyclic N) is 1. The molecule has 1 fully saturated rings. The zero-order valence-electron chi connectivity index (χ0n) is 15.2. The van der Waals surface area contributed by atoms with Gasteiger partial charge in [-0.2, -0.15) is 0 Å². The van der Waals surface area contributed by atoms with Gasteiger partial charge in [0.25, 0.3) is 0 Å². The van der Waals surface area contributed by atoms with E-state index in [9.17, 15) is 5.11 Å². The van der Waals surface area contributed by atoms with E-state index in [-0.39, 0.29) is 12.7 Å². The monoisotopic (exact) mass is 357 g/mol. The van der Waals surface area contributed by atoms with E-state index in [1.54, 1.807) is 0 Å². The Hall–Kier alpha value is -2.08. The fourth-order valence-electron chi connectivity index (χ4n) is 2.93. The van der Waals surface area contributed by atoms with Gasteiger partial charge in [-0.3, -0.25) is 4.90 Å². The number of morpholine rings is 1. The highest BCUT2D eigenvalue weighted by Gasteiger charge is 2.23. The summed E-state index contributed by atoms with van der Waals surface area (Å²) < 4.78 is 17.2. The predicted octanol–water partition coefficient (Wildman–Crippen LogP) is 2.51. The van der Waals surface area contributed by atoms with Crippen LogP contribution in [0, 0.1) is 6.92 Å². The first-order chi connectivity index (χ1) is 12.7. The van der Waals surface area contributed by atoms with E-state index in [0.29, 0.717) is 19.8 Å². The molecule has 1 heterocycles. The zero-order valence-corrected chi connectivity index (χ0v) is 15.2. The standard InChI is InChI=1S/C21H27NO4/c1-17-7-9-20(10-8-17)26-16-21-14-22(11-12-24-21)13-18(23)15-25-19-5-3-2-4-6-19/h2-10,18,21,23H,11-16H2,1H3/t18-,21+/m1/s1. The van der Waals surface area contributed by atoms with Crippen LogP contribution < -0.4 is 9.47 Å². The Balaban J connectivity index is 1.39. The number of rotatable bonds is 8. The Morgan fingerprint density at radius 1 is 1.08 bits per heavy atom. The quantitative estimate of drug-likeness (QED) is 0.787. The third-order valence-electron chi connectivity index (χ3n) is 4.33. The topological polar surface area (TPSA) is 51.2 Å². The van der Waals surface area contributed by atoms with Crippen molar-refractivity contribution in [3.63, 3.8) is 0 Å². The number of aliphatic hydroxyl groups is 1. The van der Waals surface area contributed by atoms with Crippen LogP contribution in [0.5, 0.6) is 11.5 Å². The SMILES string of the molecule is Cc1ccc(OC[C@@H]2CN(C[C@@H](O)COc3ccccc3)CCO2)cc1. The van der Waals surface area contributed by atoms with Gasteiger partial charge in [0, 0.05) is 19.6 Å². The van der Waals surface area contributed by atoms with Crippen LogP contribution in [0.3, 0.4) is 0 Å². The van der Waals surface area contributed by atoms with Crippen molar-refractivity contribution in [3.05, 3.63) is 60.2 Å². The summed E-state index contributed by atoms with van der Waals surface area (Å²) in [4.78, 5) is 2.20. The van der Waals surface area contributed by atoms with Gasteiger partial charge >= 0.3 is 0 Å². The highest BCUT2D eigenvalue weighted by atomic mass is 16.5. The van der Waals surface area contributed by atoms with Crippen LogP contribution in [-0.4, -0.2) is 61.7 Å². The molecule has 3 rings (SSSR count). The molecule has 1 aliphatic heterocycles. The summed E-state index contributed by atoms with van der Waals surface area (Å²) in [5.41, 5.74) is 1.21. The molecular weight excluding hydrogens is 330 g/mol. The number of hydrogen-bond donors (Lipinski definition) is 1. The van der Waals surface area contributed by atoms with Gasteiger partial charge in [0.1, 0.15) is 36.9 Å². The first kappa shape index (κ1) is 18.7. The maximum Gasteiger partial charge on any atom is 0.119 e. The summed E-state index contributed by atoms with van der Waals surface area (Å²) in [5, 5.41) is 10.2. The lowest BCUT2D eigenvalue weighted by atomic mass is 10.2. The van der Waals surface area contributed by atoms with Crippen molar-refractivity contribution in [2.24, 2.45) is 0 Å². The van der Waals surface area contributed by atoms with Gasteiger partial charge in [-0.1, -0.05) is 35.9 Å². The fourth-order valence-corrected chi connectivity index (χ4v) is 2.93. The number of ether oxygens (including phenoxy) is 3. The number of para-hydroxylation sites is 1. The van der Waals surface area contributed by atoms with Crippen molar-refractivity contribution in [1.82, 2.24) is 4.90 Å². The van der Waals surface area contributed by atoms with Crippen LogP contribution in [0.25, 0.3) is 0 Å². The van der Waals surface area contributed by atoms with Gasteiger partial charge in [0.2, 0.25) is 0 Å². The molecule has 0 amide bonds. The second-order valence-electron chi connectivity index (χ2n) is 6.65. The maximum absolute atomic E-state index is 10.2. The Morgan fingerprint density at radius 3 is 2.58 bits per heavy atom. The molecule has 140 valence electrons. The molecule has 5 nitrogen and oxygen atoms in total. The van der Waals surface area contributed by atoms with E-state index in [1.165, 1.54) is 5.56 Å². The Labute approximate surface area is 155 Å². The molecule has 5 heteroatoms. The van der Waals surface area contributed by atoms with Crippen LogP contribution in [0.1, 0.15) is 5.56 Å². The van der Waals surface area contributed by atoms with Gasteiger partial charge in [0.05, 0.1) is 6.61 Å². The molecule has 0 saturated carbocycles. The molecule has 2 atom stereocenters. The van der Waals surface area contributed by atoms with E-state index in [2.05, 4.69) is 11.8 Å². The minimum Gasteiger partial charge on any atom is -0.491 e. The molecule has 0 aromatic heterocycles. The molecule has 26 heavy (non-hydrogen) atoms. The number of nitrogens with zero attached hydrogens (tertiary/aromatic N) is 1. The van der Waals surface area contributed by atoms with Crippen molar-refractivity contribution in [2.45, 2.75) is 19.1 Å². The lowest BCUT2D eigenvalue weighted by Gasteiger charge is -2.33. The fraction of sp³-hybridized carbons (Fsp3) is 0.429. The summed E-state index contributed by atoms with van der Waals surface area (Å²) in [5.74, 6) is 1.63. The van der Waals surface area contributed by atoms with Gasteiger partial charge in [0.15, 0.2) is 0 Å². The summed E-state index contributed by atoms with van der Waals surface area (Å²) in [7, 11) is 0. The van der Waals surface area contributed by atoms with Gasteiger partial charge in [-0.15, -0.1) is 0 Å². The first-order valence-corrected chi connectivity index (χ1v) is 9.08. The molecular formula is C21H27NO4. The second kappa shape index (κ2) is 9.57. The van der Waals surface area contributed by atoms with Gasteiger partial charge in [-0.05, 0) is 31.2 Å². The smallest absolute Gasteiger partial charge is 0.119 e. The Morgan fingerprint density at radius 2 is 1.81 bits per heavy atom. The molecule has 0 bridgehead atoms. The first-order valence-electron chi connectivity index (χ1n) is 9.08. The third kappa shape index (κ3) is 6.02. The number of aryl methyl sites for hydroxylation is 1. The normalized spacial score (nSPS) is 19.1. The number of benzene rings is 2. The molecule has 2 aromatic carbocycles. The molecule has 0 aliphatic carbocycles. The summed E-state index contributed by atoms with van der Waals surface area (Å²) in [6.45, 7) is 5.61. The van der Waals surface area contributed by atoms with Crippen molar-refractivity contribution in [2.75, 3.05) is 39.5 Å². The van der Waals surface area contributed by atoms with Crippen LogP contribution in [0.2, 0.25) is 0 Å². The van der Waals surface area contributed by atoms with Gasteiger partial charge < -0.3 is 19.3 Å². The molecule has 0 spiro atoms. The third-order valence-corrected chi connectivity index (χ3v) is 4.33. The lowest BCUT2D eigenvalue weighted by Crippen LogP contribution is -2.48. The summed E-state index contributed by atoms with van der Waals surface area (Å²) in [6, 6.07) is 17.6. The summed E-state index contributed by atoms with van der Waals surface area (Å²) >= 11 is 0. The molecule has 0 radical (unpaired) electrons. The van der Waals surface area contributed by atoms with Gasteiger partial charge in [-0.25, -0.2) is 0 Å². The van der Waals surface area contributed by atoms with E-state index < -0.39 is 6.10 Å². The van der Waals surface area contributed by atoms with Crippen molar-refractivity contribution in [3.8, 4) is 11.5 Å². The molecule has 1 saturated heterocycles. The number of hydrogen-bond acceptors (Lipinski definition) is 5.